The number of ether oxygens (including phenoxy) is 1. The van der Waals surface area contributed by atoms with E-state index in [1.165, 1.54) is 5.56 Å². The van der Waals surface area contributed by atoms with Gasteiger partial charge in [-0.25, -0.2) is 0 Å². The van der Waals surface area contributed by atoms with Gasteiger partial charge in [-0.3, -0.25) is 4.21 Å². The Morgan fingerprint density at radius 3 is 2.71 bits per heavy atom. The van der Waals surface area contributed by atoms with Gasteiger partial charge in [0.05, 0.1) is 12.1 Å². The number of piperidine rings is 1. The summed E-state index contributed by atoms with van der Waals surface area (Å²) in [5.74, 6) is 2.79. The second kappa shape index (κ2) is 7.32. The van der Waals surface area contributed by atoms with Gasteiger partial charge < -0.3 is 20.1 Å². The molecule has 6 rings (SSSR count). The SMILES string of the molecule is O=S1COc2nc(N3CC4CC3CC4c3ccc(Cl)cc3)nc(NC3(CO)CCC3)c21. The van der Waals surface area contributed by atoms with Crippen LogP contribution in [0.1, 0.15) is 43.6 Å². The Kier molecular flexibility index (Phi) is 4.67. The quantitative estimate of drug-likeness (QED) is 0.707. The van der Waals surface area contributed by atoms with Gasteiger partial charge in [-0.2, -0.15) is 9.97 Å². The van der Waals surface area contributed by atoms with Gasteiger partial charge in [-0.15, -0.1) is 0 Å². The first kappa shape index (κ1) is 19.8. The van der Waals surface area contributed by atoms with Crippen LogP contribution >= 0.6 is 11.6 Å². The van der Waals surface area contributed by atoms with Gasteiger partial charge in [0.15, 0.2) is 11.8 Å². The third-order valence-corrected chi connectivity index (χ3v) is 8.85. The molecule has 3 heterocycles. The summed E-state index contributed by atoms with van der Waals surface area (Å²) in [5, 5.41) is 14.1. The molecule has 0 radical (unpaired) electrons. The minimum absolute atomic E-state index is 0.0335. The predicted molar refractivity (Wildman–Crippen MR) is 119 cm³/mol. The van der Waals surface area contributed by atoms with Crippen LogP contribution in [0.4, 0.5) is 11.8 Å². The summed E-state index contributed by atoms with van der Waals surface area (Å²) in [6.07, 6.45) is 4.99. The molecular formula is C22H25ClN4O3S. The number of aromatic nitrogens is 2. The predicted octanol–water partition coefficient (Wildman–Crippen LogP) is 3.30. The molecule has 2 bridgehead atoms. The van der Waals surface area contributed by atoms with Crippen LogP contribution < -0.4 is 15.0 Å². The number of halogens is 1. The zero-order valence-corrected chi connectivity index (χ0v) is 18.7. The lowest BCUT2D eigenvalue weighted by atomic mass is 9.77. The highest BCUT2D eigenvalue weighted by Crippen LogP contribution is 2.49. The molecule has 1 aromatic carbocycles. The third kappa shape index (κ3) is 3.22. The largest absolute Gasteiger partial charge is 0.463 e. The number of hydrogen-bond acceptors (Lipinski definition) is 7. The van der Waals surface area contributed by atoms with Crippen LogP contribution in [-0.2, 0) is 10.8 Å². The van der Waals surface area contributed by atoms with Crippen LogP contribution in [0.3, 0.4) is 0 Å². The molecule has 9 heteroatoms. The van der Waals surface area contributed by atoms with Crippen molar-refractivity contribution in [3.63, 3.8) is 0 Å². The lowest BCUT2D eigenvalue weighted by Crippen LogP contribution is -2.48. The molecule has 1 saturated heterocycles. The van der Waals surface area contributed by atoms with Gasteiger partial charge >= 0.3 is 0 Å². The molecule has 2 aromatic rings. The summed E-state index contributed by atoms with van der Waals surface area (Å²) < 4.78 is 18.2. The highest BCUT2D eigenvalue weighted by Gasteiger charge is 2.47. The number of anilines is 2. The Morgan fingerprint density at radius 1 is 1.26 bits per heavy atom. The number of benzene rings is 1. The van der Waals surface area contributed by atoms with Crippen LogP contribution in [-0.4, -0.2) is 50.0 Å². The Labute approximate surface area is 188 Å². The molecule has 164 valence electrons. The minimum Gasteiger partial charge on any atom is -0.463 e. The average molecular weight is 461 g/mol. The molecule has 4 aliphatic rings. The first-order chi connectivity index (χ1) is 15.0. The van der Waals surface area contributed by atoms with Crippen LogP contribution in [0.2, 0.25) is 5.02 Å². The number of hydrogen-bond donors (Lipinski definition) is 2. The van der Waals surface area contributed by atoms with Crippen molar-refractivity contribution >= 4 is 34.2 Å². The fourth-order valence-electron chi connectivity index (χ4n) is 5.60. The number of rotatable bonds is 5. The van der Waals surface area contributed by atoms with Gasteiger partial charge in [0, 0.05) is 17.6 Å². The van der Waals surface area contributed by atoms with Crippen molar-refractivity contribution < 1.29 is 14.1 Å². The maximum absolute atomic E-state index is 12.5. The summed E-state index contributed by atoms with van der Waals surface area (Å²) in [4.78, 5) is 12.3. The molecule has 0 amide bonds. The molecule has 4 unspecified atom stereocenters. The molecule has 31 heavy (non-hydrogen) atoms. The van der Waals surface area contributed by atoms with Crippen molar-refractivity contribution in [1.29, 1.82) is 0 Å². The van der Waals surface area contributed by atoms with Gasteiger partial charge in [0.25, 0.3) is 0 Å². The van der Waals surface area contributed by atoms with Crippen molar-refractivity contribution in [1.82, 2.24) is 9.97 Å². The molecule has 2 aliphatic heterocycles. The van der Waals surface area contributed by atoms with Gasteiger partial charge in [0.2, 0.25) is 11.8 Å². The zero-order valence-electron chi connectivity index (χ0n) is 17.1. The van der Waals surface area contributed by atoms with E-state index >= 15 is 0 Å². The Morgan fingerprint density at radius 2 is 2.06 bits per heavy atom. The van der Waals surface area contributed by atoms with Crippen molar-refractivity contribution in [3.05, 3.63) is 34.9 Å². The number of nitrogens with zero attached hydrogens (tertiary/aromatic N) is 3. The fraction of sp³-hybridized carbons (Fsp3) is 0.545. The number of nitrogens with one attached hydrogen (secondary N) is 1. The number of fused-ring (bicyclic) bond motifs is 3. The van der Waals surface area contributed by atoms with E-state index in [0.29, 0.717) is 40.4 Å². The second-order valence-corrected chi connectivity index (χ2v) is 11.0. The van der Waals surface area contributed by atoms with Crippen LogP contribution in [0.15, 0.2) is 29.2 Å². The number of aliphatic hydroxyl groups is 1. The highest BCUT2D eigenvalue weighted by atomic mass is 35.5. The molecule has 2 N–H and O–H groups in total. The molecule has 2 aliphatic carbocycles. The second-order valence-electron chi connectivity index (χ2n) is 9.23. The average Bonchev–Trinajstić information content (AvgIpc) is 3.45. The van der Waals surface area contributed by atoms with Gasteiger partial charge in [-0.05, 0) is 61.6 Å². The summed E-state index contributed by atoms with van der Waals surface area (Å²) in [7, 11) is -1.29. The zero-order chi connectivity index (χ0) is 21.2. The number of aliphatic hydroxyl groups excluding tert-OH is 1. The van der Waals surface area contributed by atoms with Crippen molar-refractivity contribution in [3.8, 4) is 5.88 Å². The van der Waals surface area contributed by atoms with Crippen LogP contribution in [0.5, 0.6) is 5.88 Å². The summed E-state index contributed by atoms with van der Waals surface area (Å²) in [5.41, 5.74) is 0.970. The van der Waals surface area contributed by atoms with Crippen LogP contribution in [0, 0.1) is 5.92 Å². The topological polar surface area (TPSA) is 87.6 Å². The molecule has 2 saturated carbocycles. The Bertz CT molecular complexity index is 1040. The van der Waals surface area contributed by atoms with E-state index in [1.54, 1.807) is 0 Å². The molecule has 1 aromatic heterocycles. The van der Waals surface area contributed by atoms with E-state index in [0.717, 1.165) is 43.7 Å². The fourth-order valence-corrected chi connectivity index (χ4v) is 6.67. The molecule has 4 atom stereocenters. The minimum atomic E-state index is -1.29. The van der Waals surface area contributed by atoms with E-state index in [4.69, 9.17) is 21.3 Å². The van der Waals surface area contributed by atoms with Gasteiger partial charge in [0.1, 0.15) is 15.7 Å². The van der Waals surface area contributed by atoms with Gasteiger partial charge in [-0.1, -0.05) is 23.7 Å². The Balaban J connectivity index is 1.28. The molecular weight excluding hydrogens is 436 g/mol. The van der Waals surface area contributed by atoms with Crippen molar-refractivity contribution in [2.45, 2.75) is 54.5 Å². The van der Waals surface area contributed by atoms with E-state index in [2.05, 4.69) is 27.3 Å². The molecule has 0 spiro atoms. The first-order valence-corrected chi connectivity index (χ1v) is 12.6. The van der Waals surface area contributed by atoms with Crippen molar-refractivity contribution in [2.75, 3.05) is 29.3 Å². The van der Waals surface area contributed by atoms with E-state index < -0.39 is 10.8 Å². The van der Waals surface area contributed by atoms with Crippen molar-refractivity contribution in [2.24, 2.45) is 5.92 Å². The Hall–Kier alpha value is -1.90. The first-order valence-electron chi connectivity index (χ1n) is 10.9. The maximum atomic E-state index is 12.5. The lowest BCUT2D eigenvalue weighted by Gasteiger charge is -2.41. The summed E-state index contributed by atoms with van der Waals surface area (Å²) in [6, 6.07) is 8.59. The lowest BCUT2D eigenvalue weighted by molar-refractivity contribution is 0.143. The molecule has 3 fully saturated rings. The van der Waals surface area contributed by atoms with Crippen LogP contribution in [0.25, 0.3) is 0 Å². The maximum Gasteiger partial charge on any atom is 0.238 e. The smallest absolute Gasteiger partial charge is 0.238 e. The summed E-state index contributed by atoms with van der Waals surface area (Å²) in [6.45, 7) is 0.927. The van der Waals surface area contributed by atoms with E-state index in [1.807, 2.05) is 12.1 Å². The summed E-state index contributed by atoms with van der Waals surface area (Å²) >= 11 is 6.06. The standard InChI is InChI=1S/C22H25ClN4O3S/c23-15-4-2-13(3-5-15)17-9-16-8-14(17)10-27(16)21-24-19(26-22(11-28)6-1-7-22)18-20(25-21)30-12-31(18)29/h2-5,14,16-17,28H,1,6-12H2,(H,24,25,26). The molecule has 7 nitrogen and oxygen atoms in total. The van der Waals surface area contributed by atoms with E-state index in [9.17, 15) is 9.32 Å². The third-order valence-electron chi connectivity index (χ3n) is 7.45. The highest BCUT2D eigenvalue weighted by molar-refractivity contribution is 7.85. The van der Waals surface area contributed by atoms with E-state index in [-0.39, 0.29) is 18.1 Å². The monoisotopic (exact) mass is 460 g/mol. The normalized spacial score (nSPS) is 30.1.